The lowest BCUT2D eigenvalue weighted by atomic mass is 9.96. The van der Waals surface area contributed by atoms with E-state index in [-0.39, 0.29) is 0 Å². The van der Waals surface area contributed by atoms with Crippen molar-refractivity contribution in [3.63, 3.8) is 0 Å². The maximum atomic E-state index is 5.82. The highest BCUT2D eigenvalue weighted by atomic mass is 15.2. The SMILES string of the molecule is C[C@@H]1[C@@H](CN)CCCCN1C1CC1. The second kappa shape index (κ2) is 3.97. The number of hydrogen-bond donors (Lipinski definition) is 1. The van der Waals surface area contributed by atoms with Crippen molar-refractivity contribution < 1.29 is 0 Å². The molecule has 0 amide bonds. The van der Waals surface area contributed by atoms with Crippen molar-refractivity contribution in [2.45, 2.75) is 51.1 Å². The standard InChI is InChI=1S/C11H22N2/c1-9-10(8-12)4-2-3-7-13(9)11-5-6-11/h9-11H,2-8,12H2,1H3/t9-,10-/m1/s1. The van der Waals surface area contributed by atoms with Crippen LogP contribution in [-0.4, -0.2) is 30.1 Å². The Balaban J connectivity index is 1.98. The van der Waals surface area contributed by atoms with Crippen LogP contribution >= 0.6 is 0 Å². The van der Waals surface area contributed by atoms with Crippen LogP contribution in [0.5, 0.6) is 0 Å². The molecular formula is C11H22N2. The van der Waals surface area contributed by atoms with Crippen molar-refractivity contribution >= 4 is 0 Å². The van der Waals surface area contributed by atoms with Crippen molar-refractivity contribution in [2.24, 2.45) is 11.7 Å². The Bertz CT molecular complexity index is 165. The molecule has 1 aliphatic heterocycles. The minimum Gasteiger partial charge on any atom is -0.330 e. The van der Waals surface area contributed by atoms with E-state index in [9.17, 15) is 0 Å². The maximum absolute atomic E-state index is 5.82. The van der Waals surface area contributed by atoms with Crippen molar-refractivity contribution in [3.8, 4) is 0 Å². The van der Waals surface area contributed by atoms with Gasteiger partial charge >= 0.3 is 0 Å². The fraction of sp³-hybridized carbons (Fsp3) is 1.00. The summed E-state index contributed by atoms with van der Waals surface area (Å²) in [5.41, 5.74) is 5.82. The molecule has 0 bridgehead atoms. The summed E-state index contributed by atoms with van der Waals surface area (Å²) in [4.78, 5) is 2.71. The van der Waals surface area contributed by atoms with Crippen LogP contribution in [0.2, 0.25) is 0 Å². The molecule has 13 heavy (non-hydrogen) atoms. The molecule has 76 valence electrons. The summed E-state index contributed by atoms with van der Waals surface area (Å²) < 4.78 is 0. The molecule has 1 saturated heterocycles. The molecule has 1 heterocycles. The number of nitrogens with two attached hydrogens (primary N) is 1. The van der Waals surface area contributed by atoms with Gasteiger partial charge < -0.3 is 5.73 Å². The van der Waals surface area contributed by atoms with Gasteiger partial charge in [-0.15, -0.1) is 0 Å². The van der Waals surface area contributed by atoms with Gasteiger partial charge in [0.25, 0.3) is 0 Å². The Hall–Kier alpha value is -0.0800. The minimum atomic E-state index is 0.736. The molecule has 0 radical (unpaired) electrons. The van der Waals surface area contributed by atoms with E-state index in [1.807, 2.05) is 0 Å². The van der Waals surface area contributed by atoms with Crippen LogP contribution in [0.3, 0.4) is 0 Å². The normalized spacial score (nSPS) is 37.4. The summed E-state index contributed by atoms with van der Waals surface area (Å²) in [5, 5.41) is 0. The average Bonchev–Trinajstić information content (AvgIpc) is 2.91. The Morgan fingerprint density at radius 1 is 1.23 bits per heavy atom. The number of hydrogen-bond acceptors (Lipinski definition) is 2. The summed E-state index contributed by atoms with van der Waals surface area (Å²) in [7, 11) is 0. The fourth-order valence-corrected chi connectivity index (χ4v) is 2.65. The van der Waals surface area contributed by atoms with Gasteiger partial charge in [-0.1, -0.05) is 6.42 Å². The first-order valence-corrected chi connectivity index (χ1v) is 5.78. The van der Waals surface area contributed by atoms with E-state index in [0.717, 1.165) is 24.5 Å². The van der Waals surface area contributed by atoms with Crippen LogP contribution in [0.25, 0.3) is 0 Å². The highest BCUT2D eigenvalue weighted by Crippen LogP contribution is 2.33. The average molecular weight is 182 g/mol. The Morgan fingerprint density at radius 3 is 2.62 bits per heavy atom. The molecule has 2 heteroatoms. The molecule has 0 unspecified atom stereocenters. The molecule has 2 aliphatic rings. The van der Waals surface area contributed by atoms with Gasteiger partial charge in [0.1, 0.15) is 0 Å². The molecule has 0 aromatic heterocycles. The Morgan fingerprint density at radius 2 is 2.00 bits per heavy atom. The molecule has 0 aromatic carbocycles. The maximum Gasteiger partial charge on any atom is 0.0110 e. The molecular weight excluding hydrogens is 160 g/mol. The van der Waals surface area contributed by atoms with E-state index < -0.39 is 0 Å². The summed E-state index contributed by atoms with van der Waals surface area (Å²) in [6, 6.07) is 1.65. The van der Waals surface area contributed by atoms with Crippen LogP contribution in [0, 0.1) is 5.92 Å². The molecule has 0 aromatic rings. The van der Waals surface area contributed by atoms with Gasteiger partial charge in [0, 0.05) is 12.1 Å². The summed E-state index contributed by atoms with van der Waals surface area (Å²) >= 11 is 0. The van der Waals surface area contributed by atoms with Gasteiger partial charge in [-0.3, -0.25) is 4.90 Å². The van der Waals surface area contributed by atoms with Crippen molar-refractivity contribution in [1.82, 2.24) is 4.90 Å². The lowest BCUT2D eigenvalue weighted by Gasteiger charge is -2.31. The van der Waals surface area contributed by atoms with Crippen LogP contribution in [0.15, 0.2) is 0 Å². The van der Waals surface area contributed by atoms with Crippen LogP contribution in [0.1, 0.15) is 39.0 Å². The second-order valence-corrected chi connectivity index (χ2v) is 4.70. The Kier molecular flexibility index (Phi) is 2.89. The first-order valence-electron chi connectivity index (χ1n) is 5.78. The number of likely N-dealkylation sites (tertiary alicyclic amines) is 1. The first-order chi connectivity index (χ1) is 6.33. The monoisotopic (exact) mass is 182 g/mol. The van der Waals surface area contributed by atoms with E-state index in [4.69, 9.17) is 5.73 Å². The smallest absolute Gasteiger partial charge is 0.0110 e. The van der Waals surface area contributed by atoms with E-state index in [2.05, 4.69) is 11.8 Å². The number of rotatable bonds is 2. The molecule has 2 atom stereocenters. The second-order valence-electron chi connectivity index (χ2n) is 4.70. The Labute approximate surface area is 81.5 Å². The van der Waals surface area contributed by atoms with Crippen LogP contribution in [-0.2, 0) is 0 Å². The molecule has 2 fully saturated rings. The quantitative estimate of drug-likeness (QED) is 0.703. The highest BCUT2D eigenvalue weighted by molar-refractivity contribution is 4.91. The minimum absolute atomic E-state index is 0.736. The predicted octanol–water partition coefficient (Wildman–Crippen LogP) is 1.60. The van der Waals surface area contributed by atoms with Gasteiger partial charge in [0.05, 0.1) is 0 Å². The van der Waals surface area contributed by atoms with Crippen molar-refractivity contribution in [3.05, 3.63) is 0 Å². The first kappa shape index (κ1) is 9.47. The van der Waals surface area contributed by atoms with Gasteiger partial charge in [0.15, 0.2) is 0 Å². The van der Waals surface area contributed by atoms with Gasteiger partial charge in [-0.25, -0.2) is 0 Å². The highest BCUT2D eigenvalue weighted by Gasteiger charge is 2.35. The molecule has 0 spiro atoms. The van der Waals surface area contributed by atoms with E-state index in [1.165, 1.54) is 38.6 Å². The third-order valence-corrected chi connectivity index (χ3v) is 3.77. The van der Waals surface area contributed by atoms with Gasteiger partial charge in [-0.2, -0.15) is 0 Å². The zero-order chi connectivity index (χ0) is 9.26. The molecule has 1 aliphatic carbocycles. The van der Waals surface area contributed by atoms with Crippen molar-refractivity contribution in [2.75, 3.05) is 13.1 Å². The lowest BCUT2D eigenvalue weighted by Crippen LogP contribution is -2.41. The van der Waals surface area contributed by atoms with Crippen molar-refractivity contribution in [1.29, 1.82) is 0 Å². The summed E-state index contributed by atoms with van der Waals surface area (Å²) in [6.45, 7) is 4.58. The van der Waals surface area contributed by atoms with E-state index >= 15 is 0 Å². The largest absolute Gasteiger partial charge is 0.330 e. The number of nitrogens with zero attached hydrogens (tertiary/aromatic N) is 1. The fourth-order valence-electron chi connectivity index (χ4n) is 2.65. The lowest BCUT2D eigenvalue weighted by molar-refractivity contribution is 0.163. The molecule has 2 N–H and O–H groups in total. The van der Waals surface area contributed by atoms with E-state index in [1.54, 1.807) is 0 Å². The summed E-state index contributed by atoms with van der Waals surface area (Å²) in [6.07, 6.45) is 6.98. The molecule has 1 saturated carbocycles. The topological polar surface area (TPSA) is 29.3 Å². The van der Waals surface area contributed by atoms with Crippen LogP contribution in [0.4, 0.5) is 0 Å². The van der Waals surface area contributed by atoms with Crippen LogP contribution < -0.4 is 5.73 Å². The summed E-state index contributed by atoms with van der Waals surface area (Å²) in [5.74, 6) is 0.753. The van der Waals surface area contributed by atoms with E-state index in [0.29, 0.717) is 0 Å². The molecule has 2 rings (SSSR count). The zero-order valence-corrected chi connectivity index (χ0v) is 8.71. The predicted molar refractivity (Wildman–Crippen MR) is 55.6 cm³/mol. The molecule has 2 nitrogen and oxygen atoms in total. The third-order valence-electron chi connectivity index (χ3n) is 3.77. The zero-order valence-electron chi connectivity index (χ0n) is 8.71. The van der Waals surface area contributed by atoms with Gasteiger partial charge in [-0.05, 0) is 51.6 Å². The third kappa shape index (κ3) is 2.05. The van der Waals surface area contributed by atoms with Gasteiger partial charge in [0.2, 0.25) is 0 Å².